The van der Waals surface area contributed by atoms with E-state index in [0.717, 1.165) is 17.3 Å². The first-order valence-electron chi connectivity index (χ1n) is 8.67. The first kappa shape index (κ1) is 18.8. The standard InChI is InChI=1S/C19H15ClN4O5/c20-14-7-12(16(25)8-17(14)26)18-13-9-23(6-5-15(13)21-22-18)19(27)10-1-3-11(4-2-10)24(28)29/h1-4,7-8,25-26H,5-6,9H2,(H,21,22). The quantitative estimate of drug-likeness (QED) is 0.445. The summed E-state index contributed by atoms with van der Waals surface area (Å²) < 4.78 is 0. The van der Waals surface area contributed by atoms with Gasteiger partial charge >= 0.3 is 0 Å². The predicted octanol–water partition coefficient (Wildman–Crippen LogP) is 3.25. The van der Waals surface area contributed by atoms with Crippen LogP contribution in [-0.2, 0) is 13.0 Å². The summed E-state index contributed by atoms with van der Waals surface area (Å²) >= 11 is 5.97. The summed E-state index contributed by atoms with van der Waals surface area (Å²) in [6.07, 6.45) is 0.535. The molecule has 0 saturated heterocycles. The molecule has 0 spiro atoms. The van der Waals surface area contributed by atoms with Crippen molar-refractivity contribution in [1.29, 1.82) is 0 Å². The molecular weight excluding hydrogens is 400 g/mol. The molecule has 4 rings (SSSR count). The zero-order chi connectivity index (χ0) is 20.7. The van der Waals surface area contributed by atoms with E-state index < -0.39 is 4.92 Å². The second-order valence-electron chi connectivity index (χ2n) is 6.63. The van der Waals surface area contributed by atoms with Crippen LogP contribution in [0.25, 0.3) is 11.3 Å². The number of phenolic OH excluding ortho intramolecular Hbond substituents is 2. The number of aromatic hydroxyl groups is 2. The van der Waals surface area contributed by atoms with E-state index in [1.807, 2.05) is 0 Å². The number of amides is 1. The summed E-state index contributed by atoms with van der Waals surface area (Å²) in [6.45, 7) is 0.696. The number of hydrogen-bond acceptors (Lipinski definition) is 6. The van der Waals surface area contributed by atoms with Gasteiger partial charge in [-0.25, -0.2) is 0 Å². The number of carbonyl (C=O) groups is 1. The average molecular weight is 415 g/mol. The third kappa shape index (κ3) is 3.36. The fourth-order valence-electron chi connectivity index (χ4n) is 3.34. The molecule has 9 nitrogen and oxygen atoms in total. The van der Waals surface area contributed by atoms with Gasteiger partial charge in [0.15, 0.2) is 0 Å². The molecule has 1 aromatic heterocycles. The van der Waals surface area contributed by atoms with Crippen LogP contribution in [0.15, 0.2) is 36.4 Å². The van der Waals surface area contributed by atoms with Gasteiger partial charge in [-0.15, -0.1) is 0 Å². The number of nitrogens with one attached hydrogen (secondary N) is 1. The van der Waals surface area contributed by atoms with Gasteiger partial charge in [-0.3, -0.25) is 20.0 Å². The smallest absolute Gasteiger partial charge is 0.269 e. The Bertz CT molecular complexity index is 1130. The van der Waals surface area contributed by atoms with Crippen molar-refractivity contribution in [2.75, 3.05) is 6.54 Å². The number of benzene rings is 2. The molecular formula is C19H15ClN4O5. The highest BCUT2D eigenvalue weighted by atomic mass is 35.5. The zero-order valence-corrected chi connectivity index (χ0v) is 15.7. The van der Waals surface area contributed by atoms with Gasteiger partial charge in [0.2, 0.25) is 0 Å². The van der Waals surface area contributed by atoms with Crippen molar-refractivity contribution < 1.29 is 19.9 Å². The van der Waals surface area contributed by atoms with Crippen molar-refractivity contribution in [2.45, 2.75) is 13.0 Å². The number of aromatic amines is 1. The lowest BCUT2D eigenvalue weighted by Gasteiger charge is -2.27. The lowest BCUT2D eigenvalue weighted by Crippen LogP contribution is -2.35. The minimum Gasteiger partial charge on any atom is -0.507 e. The summed E-state index contributed by atoms with van der Waals surface area (Å²) in [7, 11) is 0. The SMILES string of the molecule is O=C(c1ccc([N+](=O)[O-])cc1)N1CCc2[nH]nc(-c3cc(Cl)c(O)cc3O)c2C1. The molecule has 10 heteroatoms. The molecule has 1 aliphatic heterocycles. The van der Waals surface area contributed by atoms with E-state index in [1.165, 1.54) is 30.3 Å². The number of hydrogen-bond donors (Lipinski definition) is 3. The molecule has 2 heterocycles. The highest BCUT2D eigenvalue weighted by Gasteiger charge is 2.28. The largest absolute Gasteiger partial charge is 0.507 e. The fourth-order valence-corrected chi connectivity index (χ4v) is 3.50. The number of rotatable bonds is 3. The molecule has 3 N–H and O–H groups in total. The Hall–Kier alpha value is -3.59. The molecule has 0 aliphatic carbocycles. The van der Waals surface area contributed by atoms with Crippen molar-refractivity contribution in [3.8, 4) is 22.8 Å². The van der Waals surface area contributed by atoms with Gasteiger partial charge in [-0.2, -0.15) is 5.10 Å². The highest BCUT2D eigenvalue weighted by Crippen LogP contribution is 2.39. The maximum Gasteiger partial charge on any atom is 0.269 e. The first-order chi connectivity index (χ1) is 13.8. The molecule has 0 atom stereocenters. The minimum absolute atomic E-state index is 0.0733. The Morgan fingerprint density at radius 2 is 1.93 bits per heavy atom. The third-order valence-corrected chi connectivity index (χ3v) is 5.17. The van der Waals surface area contributed by atoms with Gasteiger partial charge in [0.25, 0.3) is 11.6 Å². The number of nitro groups is 1. The third-order valence-electron chi connectivity index (χ3n) is 4.87. The summed E-state index contributed by atoms with van der Waals surface area (Å²) in [5.41, 5.74) is 2.63. The Morgan fingerprint density at radius 1 is 1.21 bits per heavy atom. The summed E-state index contributed by atoms with van der Waals surface area (Å²) in [5, 5.41) is 37.9. The van der Waals surface area contributed by atoms with Crippen LogP contribution in [0.2, 0.25) is 5.02 Å². The van der Waals surface area contributed by atoms with Crippen LogP contribution in [0.3, 0.4) is 0 Å². The lowest BCUT2D eigenvalue weighted by atomic mass is 9.99. The van der Waals surface area contributed by atoms with Crippen LogP contribution in [-0.4, -0.2) is 42.7 Å². The number of nitrogens with zero attached hydrogens (tertiary/aromatic N) is 3. The molecule has 1 amide bonds. The molecule has 3 aromatic rings. The van der Waals surface area contributed by atoms with Gasteiger partial charge in [0.05, 0.1) is 9.95 Å². The predicted molar refractivity (Wildman–Crippen MR) is 104 cm³/mol. The van der Waals surface area contributed by atoms with E-state index in [2.05, 4.69) is 10.2 Å². The maximum absolute atomic E-state index is 12.8. The van der Waals surface area contributed by atoms with Crippen LogP contribution >= 0.6 is 11.6 Å². The zero-order valence-electron chi connectivity index (χ0n) is 14.9. The molecule has 29 heavy (non-hydrogen) atoms. The van der Waals surface area contributed by atoms with Gasteiger partial charge in [0, 0.05) is 60.1 Å². The van der Waals surface area contributed by atoms with Crippen LogP contribution in [0, 0.1) is 10.1 Å². The van der Waals surface area contributed by atoms with Gasteiger partial charge in [-0.1, -0.05) is 11.6 Å². The summed E-state index contributed by atoms with van der Waals surface area (Å²) in [5.74, 6) is -0.682. The van der Waals surface area contributed by atoms with Gasteiger partial charge in [-0.05, 0) is 18.2 Å². The monoisotopic (exact) mass is 414 g/mol. The van der Waals surface area contributed by atoms with Gasteiger partial charge < -0.3 is 15.1 Å². The van der Waals surface area contributed by atoms with Crippen molar-refractivity contribution in [3.63, 3.8) is 0 Å². The van der Waals surface area contributed by atoms with Gasteiger partial charge in [0.1, 0.15) is 17.2 Å². The van der Waals surface area contributed by atoms with E-state index >= 15 is 0 Å². The van der Waals surface area contributed by atoms with Crippen molar-refractivity contribution in [3.05, 3.63) is 68.4 Å². The number of carbonyl (C=O) groups excluding carboxylic acids is 1. The van der Waals surface area contributed by atoms with Crippen LogP contribution in [0.4, 0.5) is 5.69 Å². The lowest BCUT2D eigenvalue weighted by molar-refractivity contribution is -0.384. The summed E-state index contributed by atoms with van der Waals surface area (Å²) in [4.78, 5) is 24.7. The van der Waals surface area contributed by atoms with E-state index in [-0.39, 0.29) is 34.7 Å². The highest BCUT2D eigenvalue weighted by molar-refractivity contribution is 6.32. The number of H-pyrrole nitrogens is 1. The normalized spacial score (nSPS) is 13.2. The Kier molecular flexibility index (Phi) is 4.59. The second-order valence-corrected chi connectivity index (χ2v) is 7.04. The average Bonchev–Trinajstić information content (AvgIpc) is 3.13. The maximum atomic E-state index is 12.8. The summed E-state index contributed by atoms with van der Waals surface area (Å²) in [6, 6.07) is 8.00. The van der Waals surface area contributed by atoms with E-state index in [4.69, 9.17) is 11.6 Å². The molecule has 0 fully saturated rings. The van der Waals surface area contributed by atoms with Crippen LogP contribution in [0.5, 0.6) is 11.5 Å². The number of halogens is 1. The fraction of sp³-hybridized carbons (Fsp3) is 0.158. The first-order valence-corrected chi connectivity index (χ1v) is 9.04. The van der Waals surface area contributed by atoms with Crippen LogP contribution < -0.4 is 0 Å². The Balaban J connectivity index is 1.63. The second kappa shape index (κ2) is 7.10. The molecule has 0 unspecified atom stereocenters. The number of fused-ring (bicyclic) bond motifs is 1. The molecule has 1 aliphatic rings. The topological polar surface area (TPSA) is 133 Å². The minimum atomic E-state index is -0.519. The number of aromatic nitrogens is 2. The molecule has 148 valence electrons. The number of non-ortho nitro benzene ring substituents is 1. The number of phenols is 2. The Labute approximate surface area is 169 Å². The van der Waals surface area contributed by atoms with E-state index in [1.54, 1.807) is 4.90 Å². The Morgan fingerprint density at radius 3 is 2.62 bits per heavy atom. The van der Waals surface area contributed by atoms with Crippen molar-refractivity contribution in [2.24, 2.45) is 0 Å². The molecule has 0 radical (unpaired) electrons. The molecule has 2 aromatic carbocycles. The number of nitro benzene ring substituents is 1. The van der Waals surface area contributed by atoms with E-state index in [9.17, 15) is 25.1 Å². The van der Waals surface area contributed by atoms with Crippen molar-refractivity contribution in [1.82, 2.24) is 15.1 Å². The molecule has 0 saturated carbocycles. The van der Waals surface area contributed by atoms with Crippen LogP contribution in [0.1, 0.15) is 21.6 Å². The van der Waals surface area contributed by atoms with Crippen molar-refractivity contribution >= 4 is 23.2 Å². The molecule has 0 bridgehead atoms. The van der Waals surface area contributed by atoms with E-state index in [0.29, 0.717) is 29.8 Å².